The van der Waals surface area contributed by atoms with Crippen molar-refractivity contribution in [3.63, 3.8) is 0 Å². The Balaban J connectivity index is -0.000000128. The summed E-state index contributed by atoms with van der Waals surface area (Å²) in [6.07, 6.45) is 0. The van der Waals surface area contributed by atoms with Crippen LogP contribution in [-0.4, -0.2) is 22.0 Å². The number of rotatable bonds is 0. The molecule has 0 unspecified atom stereocenters. The maximum absolute atomic E-state index is 7.00. The molecule has 1 aromatic carbocycles. The summed E-state index contributed by atoms with van der Waals surface area (Å²) in [6.45, 7) is 0. The SMILES string of the molecule is CO.ClC(Cl)Cl.O.c1ccccc1. The molecule has 1 rings (SSSR count). The van der Waals surface area contributed by atoms with E-state index in [1.54, 1.807) is 0 Å². The Morgan fingerprint density at radius 1 is 0.769 bits per heavy atom. The number of aliphatic hydroxyl groups is 1. The van der Waals surface area contributed by atoms with Crippen LogP contribution in [0.15, 0.2) is 36.4 Å². The summed E-state index contributed by atoms with van der Waals surface area (Å²) in [7, 11) is 1.00. The lowest BCUT2D eigenvalue weighted by molar-refractivity contribution is 0.399. The van der Waals surface area contributed by atoms with Gasteiger partial charge in [0.05, 0.1) is 0 Å². The Bertz CT molecular complexity index is 118. The molecule has 0 spiro atoms. The number of benzene rings is 1. The molecule has 0 aliphatic rings. The van der Waals surface area contributed by atoms with Gasteiger partial charge in [0.15, 0.2) is 4.30 Å². The van der Waals surface area contributed by atoms with Crippen LogP contribution in [0.5, 0.6) is 0 Å². The van der Waals surface area contributed by atoms with Gasteiger partial charge in [-0.3, -0.25) is 0 Å². The van der Waals surface area contributed by atoms with Crippen LogP contribution in [-0.2, 0) is 0 Å². The lowest BCUT2D eigenvalue weighted by atomic mass is 10.4. The first-order valence-corrected chi connectivity index (χ1v) is 4.41. The van der Waals surface area contributed by atoms with Crippen LogP contribution in [0.4, 0.5) is 0 Å². The Morgan fingerprint density at radius 3 is 0.923 bits per heavy atom. The summed E-state index contributed by atoms with van der Waals surface area (Å²) in [6, 6.07) is 12.0. The highest BCUT2D eigenvalue weighted by molar-refractivity contribution is 6.63. The largest absolute Gasteiger partial charge is 0.412 e. The van der Waals surface area contributed by atoms with Crippen LogP contribution in [0.3, 0.4) is 0 Å². The van der Waals surface area contributed by atoms with Crippen LogP contribution in [0.25, 0.3) is 0 Å². The van der Waals surface area contributed by atoms with E-state index >= 15 is 0 Å². The van der Waals surface area contributed by atoms with Gasteiger partial charge in [0.2, 0.25) is 0 Å². The van der Waals surface area contributed by atoms with Crippen molar-refractivity contribution in [1.82, 2.24) is 0 Å². The third kappa shape index (κ3) is 33.3. The third-order valence-corrected chi connectivity index (χ3v) is 0.667. The molecule has 78 valence electrons. The summed E-state index contributed by atoms with van der Waals surface area (Å²) in [4.78, 5) is 0. The first-order valence-electron chi connectivity index (χ1n) is 3.10. The van der Waals surface area contributed by atoms with E-state index in [4.69, 9.17) is 39.9 Å². The first-order chi connectivity index (χ1) is 5.73. The van der Waals surface area contributed by atoms with E-state index in [1.165, 1.54) is 0 Å². The first kappa shape index (κ1) is 18.7. The average Bonchev–Trinajstić information content (AvgIpc) is 2.10. The van der Waals surface area contributed by atoms with Crippen LogP contribution in [0, 0.1) is 0 Å². The van der Waals surface area contributed by atoms with Crippen molar-refractivity contribution in [2.45, 2.75) is 4.30 Å². The fourth-order valence-electron chi connectivity index (χ4n) is 0.385. The Labute approximate surface area is 93.4 Å². The van der Waals surface area contributed by atoms with Crippen molar-refractivity contribution in [3.8, 4) is 0 Å². The van der Waals surface area contributed by atoms with Gasteiger partial charge in [-0.05, 0) is 0 Å². The van der Waals surface area contributed by atoms with Crippen molar-refractivity contribution < 1.29 is 10.6 Å². The molecule has 1 aromatic rings. The molecule has 2 nitrogen and oxygen atoms in total. The standard InChI is InChI=1S/C6H6.CHCl3.CH4O.H2O/c1-2-4-6-5-3-1;2-1(3)4;1-2;/h1-6H;1H;2H,1H3;1H2. The van der Waals surface area contributed by atoms with Crippen LogP contribution in [0.2, 0.25) is 0 Å². The minimum absolute atomic E-state index is 0. The minimum Gasteiger partial charge on any atom is -0.412 e. The van der Waals surface area contributed by atoms with E-state index in [1.807, 2.05) is 36.4 Å². The Hall–Kier alpha value is 0.01000. The summed E-state index contributed by atoms with van der Waals surface area (Å²) in [5.41, 5.74) is 0. The zero-order valence-corrected chi connectivity index (χ0v) is 9.39. The summed E-state index contributed by atoms with van der Waals surface area (Å²) < 4.78 is -0.750. The molecule has 0 heterocycles. The molecule has 0 atom stereocenters. The van der Waals surface area contributed by atoms with Crippen molar-refractivity contribution in [3.05, 3.63) is 36.4 Å². The predicted octanol–water partition coefficient (Wildman–Crippen LogP) is 2.46. The molecule has 0 aliphatic carbocycles. The molecular formula is C8H13Cl3O2. The molecule has 3 N–H and O–H groups in total. The normalized spacial score (nSPS) is 6.92. The molecule has 5 heteroatoms. The maximum Gasteiger partial charge on any atom is 0.180 e. The molecular weight excluding hydrogens is 234 g/mol. The van der Waals surface area contributed by atoms with Gasteiger partial charge in [-0.25, -0.2) is 0 Å². The van der Waals surface area contributed by atoms with Crippen molar-refractivity contribution in [2.24, 2.45) is 0 Å². The molecule has 0 bridgehead atoms. The van der Waals surface area contributed by atoms with Gasteiger partial charge < -0.3 is 10.6 Å². The van der Waals surface area contributed by atoms with E-state index in [9.17, 15) is 0 Å². The lowest BCUT2D eigenvalue weighted by Gasteiger charge is -1.69. The molecule has 0 radical (unpaired) electrons. The lowest BCUT2D eigenvalue weighted by Crippen LogP contribution is -1.55. The van der Waals surface area contributed by atoms with Gasteiger partial charge in [0.25, 0.3) is 0 Å². The summed E-state index contributed by atoms with van der Waals surface area (Å²) >= 11 is 14.4. The highest BCUT2D eigenvalue weighted by Gasteiger charge is 1.78. The number of hydrogen-bond acceptors (Lipinski definition) is 1. The molecule has 0 amide bonds. The predicted molar refractivity (Wildman–Crippen MR) is 59.5 cm³/mol. The van der Waals surface area contributed by atoms with Crippen LogP contribution >= 0.6 is 34.8 Å². The van der Waals surface area contributed by atoms with E-state index in [0.29, 0.717) is 0 Å². The van der Waals surface area contributed by atoms with Crippen molar-refractivity contribution in [1.29, 1.82) is 0 Å². The van der Waals surface area contributed by atoms with Crippen molar-refractivity contribution >= 4 is 34.8 Å². The van der Waals surface area contributed by atoms with Gasteiger partial charge >= 0.3 is 0 Å². The number of alkyl halides is 3. The van der Waals surface area contributed by atoms with E-state index in [2.05, 4.69) is 0 Å². The third-order valence-electron chi connectivity index (χ3n) is 0.667. The highest BCUT2D eigenvalue weighted by atomic mass is 35.6. The quantitative estimate of drug-likeness (QED) is 0.704. The molecule has 13 heavy (non-hydrogen) atoms. The zero-order valence-electron chi connectivity index (χ0n) is 7.12. The second-order valence-electron chi connectivity index (χ2n) is 1.40. The van der Waals surface area contributed by atoms with E-state index < -0.39 is 4.30 Å². The zero-order chi connectivity index (χ0) is 9.82. The fourth-order valence-corrected chi connectivity index (χ4v) is 0.385. The monoisotopic (exact) mass is 246 g/mol. The number of hydrogen-bond donors (Lipinski definition) is 1. The van der Waals surface area contributed by atoms with Gasteiger partial charge in [0, 0.05) is 7.11 Å². The van der Waals surface area contributed by atoms with Crippen molar-refractivity contribution in [2.75, 3.05) is 7.11 Å². The van der Waals surface area contributed by atoms with E-state index in [-0.39, 0.29) is 5.48 Å². The van der Waals surface area contributed by atoms with Gasteiger partial charge in [0.1, 0.15) is 0 Å². The highest BCUT2D eigenvalue weighted by Crippen LogP contribution is 2.03. The fraction of sp³-hybridized carbons (Fsp3) is 0.250. The topological polar surface area (TPSA) is 51.7 Å². The summed E-state index contributed by atoms with van der Waals surface area (Å²) in [5.74, 6) is 0. The minimum atomic E-state index is -0.750. The maximum atomic E-state index is 7.00. The number of aliphatic hydroxyl groups excluding tert-OH is 1. The average molecular weight is 248 g/mol. The summed E-state index contributed by atoms with van der Waals surface area (Å²) in [5, 5.41) is 7.00. The van der Waals surface area contributed by atoms with Gasteiger partial charge in [-0.1, -0.05) is 71.2 Å². The molecule has 0 aromatic heterocycles. The molecule has 0 aliphatic heterocycles. The Kier molecular flexibility index (Phi) is 25.8. The van der Waals surface area contributed by atoms with Crippen LogP contribution in [0.1, 0.15) is 0 Å². The second kappa shape index (κ2) is 17.9. The molecule has 0 fully saturated rings. The van der Waals surface area contributed by atoms with E-state index in [0.717, 1.165) is 7.11 Å². The Morgan fingerprint density at radius 2 is 0.846 bits per heavy atom. The molecule has 0 saturated carbocycles. The second-order valence-corrected chi connectivity index (χ2v) is 3.38. The van der Waals surface area contributed by atoms with Gasteiger partial charge in [-0.2, -0.15) is 0 Å². The van der Waals surface area contributed by atoms with Gasteiger partial charge in [-0.15, -0.1) is 0 Å². The smallest absolute Gasteiger partial charge is 0.180 e. The number of halogens is 3. The van der Waals surface area contributed by atoms with Crippen LogP contribution < -0.4 is 0 Å². The molecule has 0 saturated heterocycles.